The van der Waals surface area contributed by atoms with E-state index in [1.807, 2.05) is 0 Å². The topological polar surface area (TPSA) is 114 Å². The maximum absolute atomic E-state index is 12.6. The molecule has 1 fully saturated rings. The van der Waals surface area contributed by atoms with E-state index in [9.17, 15) is 19.7 Å². The highest BCUT2D eigenvalue weighted by Crippen LogP contribution is 2.32. The molecule has 8 heteroatoms. The van der Waals surface area contributed by atoms with Crippen LogP contribution >= 0.6 is 0 Å². The first-order valence-corrected chi connectivity index (χ1v) is 7.12. The molecule has 2 aromatic rings. The number of carbonyl (C=O) groups is 2. The highest BCUT2D eigenvalue weighted by Gasteiger charge is 2.39. The van der Waals surface area contributed by atoms with Gasteiger partial charge in [0.15, 0.2) is 5.76 Å². The molecule has 0 saturated heterocycles. The Labute approximate surface area is 130 Å². The Kier molecular flexibility index (Phi) is 3.51. The minimum absolute atomic E-state index is 0.0134. The maximum atomic E-state index is 12.6. The normalized spacial score (nSPS) is 15.3. The lowest BCUT2D eigenvalue weighted by molar-refractivity contribution is -0.384. The van der Waals surface area contributed by atoms with Gasteiger partial charge >= 0.3 is 5.97 Å². The number of hydrogen-bond donors (Lipinski definition) is 1. The van der Waals surface area contributed by atoms with E-state index < -0.39 is 22.8 Å². The molecule has 1 aromatic carbocycles. The van der Waals surface area contributed by atoms with Crippen LogP contribution in [-0.2, 0) is 4.79 Å². The largest absolute Gasteiger partial charge is 0.480 e. The monoisotopic (exact) mass is 318 g/mol. The van der Waals surface area contributed by atoms with Gasteiger partial charge in [0.25, 0.3) is 11.6 Å². The molecule has 1 aromatic heterocycles. The number of carboxylic acid groups (broad SMARTS) is 1. The SMILES string of the molecule is CC(C(=O)O)N(C(=O)c1cc2cc([N+](=O)[O-])ccc2o1)C1CC1. The molecule has 1 amide bonds. The minimum atomic E-state index is -1.09. The summed E-state index contributed by atoms with van der Waals surface area (Å²) < 4.78 is 5.45. The molecule has 1 saturated carbocycles. The van der Waals surface area contributed by atoms with Crippen LogP contribution in [0.15, 0.2) is 28.7 Å². The van der Waals surface area contributed by atoms with Crippen molar-refractivity contribution in [3.05, 3.63) is 40.1 Å². The van der Waals surface area contributed by atoms with Crippen molar-refractivity contribution in [2.45, 2.75) is 31.8 Å². The molecule has 8 nitrogen and oxygen atoms in total. The third-order valence-electron chi connectivity index (χ3n) is 3.87. The molecule has 1 atom stereocenters. The molecule has 1 N–H and O–H groups in total. The van der Waals surface area contributed by atoms with Crippen molar-refractivity contribution in [1.29, 1.82) is 0 Å². The minimum Gasteiger partial charge on any atom is -0.480 e. The lowest BCUT2D eigenvalue weighted by Gasteiger charge is -2.25. The Hall–Kier alpha value is -2.90. The summed E-state index contributed by atoms with van der Waals surface area (Å²) in [5.74, 6) is -1.61. The average Bonchev–Trinajstić information content (AvgIpc) is 3.23. The van der Waals surface area contributed by atoms with Gasteiger partial charge in [0.2, 0.25) is 0 Å². The highest BCUT2D eigenvalue weighted by atomic mass is 16.6. The van der Waals surface area contributed by atoms with Gasteiger partial charge in [-0.15, -0.1) is 0 Å². The van der Waals surface area contributed by atoms with Crippen LogP contribution in [0.4, 0.5) is 5.69 Å². The fraction of sp³-hybridized carbons (Fsp3) is 0.333. The molecule has 1 aliphatic rings. The van der Waals surface area contributed by atoms with Gasteiger partial charge in [-0.3, -0.25) is 14.9 Å². The molecule has 0 aliphatic heterocycles. The Morgan fingerprint density at radius 1 is 1.39 bits per heavy atom. The van der Waals surface area contributed by atoms with Crippen molar-refractivity contribution in [3.8, 4) is 0 Å². The summed E-state index contributed by atoms with van der Waals surface area (Å²) in [5.41, 5.74) is 0.243. The number of carboxylic acids is 1. The van der Waals surface area contributed by atoms with Gasteiger partial charge in [-0.25, -0.2) is 4.79 Å². The number of nitrogens with zero attached hydrogens (tertiary/aromatic N) is 2. The molecular formula is C15H14N2O6. The summed E-state index contributed by atoms with van der Waals surface area (Å²) in [6, 6.07) is 4.38. The van der Waals surface area contributed by atoms with Gasteiger partial charge in [-0.05, 0) is 31.9 Å². The zero-order valence-corrected chi connectivity index (χ0v) is 12.3. The van der Waals surface area contributed by atoms with Crippen LogP contribution in [0.3, 0.4) is 0 Å². The molecule has 1 unspecified atom stereocenters. The van der Waals surface area contributed by atoms with Crippen molar-refractivity contribution in [1.82, 2.24) is 4.90 Å². The molecule has 0 bridgehead atoms. The number of fused-ring (bicyclic) bond motifs is 1. The average molecular weight is 318 g/mol. The molecule has 3 rings (SSSR count). The van der Waals surface area contributed by atoms with Crippen LogP contribution in [-0.4, -0.2) is 38.9 Å². The highest BCUT2D eigenvalue weighted by molar-refractivity contribution is 5.98. The van der Waals surface area contributed by atoms with Crippen molar-refractivity contribution in [2.75, 3.05) is 0 Å². The molecule has 23 heavy (non-hydrogen) atoms. The summed E-state index contributed by atoms with van der Waals surface area (Å²) in [5, 5.41) is 20.4. The van der Waals surface area contributed by atoms with E-state index in [1.165, 1.54) is 36.1 Å². The second kappa shape index (κ2) is 5.38. The molecular weight excluding hydrogens is 304 g/mol. The number of carbonyl (C=O) groups excluding carboxylic acids is 1. The van der Waals surface area contributed by atoms with Crippen molar-refractivity contribution in [2.24, 2.45) is 0 Å². The molecule has 1 heterocycles. The van der Waals surface area contributed by atoms with E-state index in [1.54, 1.807) is 0 Å². The first-order valence-electron chi connectivity index (χ1n) is 7.12. The van der Waals surface area contributed by atoms with E-state index in [0.717, 1.165) is 12.8 Å². The first-order chi connectivity index (χ1) is 10.9. The lowest BCUT2D eigenvalue weighted by atomic mass is 10.2. The van der Waals surface area contributed by atoms with Gasteiger partial charge in [-0.1, -0.05) is 0 Å². The number of nitro groups is 1. The molecule has 0 radical (unpaired) electrons. The van der Waals surface area contributed by atoms with Crippen LogP contribution in [0.1, 0.15) is 30.3 Å². The smallest absolute Gasteiger partial charge is 0.326 e. The van der Waals surface area contributed by atoms with E-state index in [4.69, 9.17) is 9.52 Å². The second-order valence-electron chi connectivity index (χ2n) is 5.55. The van der Waals surface area contributed by atoms with Gasteiger partial charge < -0.3 is 14.4 Å². The van der Waals surface area contributed by atoms with Crippen LogP contribution < -0.4 is 0 Å². The van der Waals surface area contributed by atoms with Crippen molar-refractivity contribution >= 4 is 28.5 Å². The van der Waals surface area contributed by atoms with Crippen LogP contribution in [0.25, 0.3) is 11.0 Å². The number of non-ortho nitro benzene ring substituents is 1. The molecule has 1 aliphatic carbocycles. The van der Waals surface area contributed by atoms with Crippen LogP contribution in [0.5, 0.6) is 0 Å². The molecule has 0 spiro atoms. The predicted octanol–water partition coefficient (Wildman–Crippen LogP) is 2.42. The quantitative estimate of drug-likeness (QED) is 0.669. The number of amides is 1. The predicted molar refractivity (Wildman–Crippen MR) is 79.2 cm³/mol. The van der Waals surface area contributed by atoms with Gasteiger partial charge in [0.05, 0.1) is 4.92 Å². The summed E-state index contributed by atoms with van der Waals surface area (Å²) >= 11 is 0. The van der Waals surface area contributed by atoms with Crippen molar-refractivity contribution < 1.29 is 24.0 Å². The third-order valence-corrected chi connectivity index (χ3v) is 3.87. The number of benzene rings is 1. The molecule has 120 valence electrons. The standard InChI is InChI=1S/C15H14N2O6/c1-8(15(19)20)16(10-2-3-10)14(18)13-7-9-6-11(17(21)22)4-5-12(9)23-13/h4-8,10H,2-3H2,1H3,(H,19,20). The number of hydrogen-bond acceptors (Lipinski definition) is 5. The van der Waals surface area contributed by atoms with Crippen LogP contribution in [0.2, 0.25) is 0 Å². The lowest BCUT2D eigenvalue weighted by Crippen LogP contribution is -2.44. The third kappa shape index (κ3) is 2.75. The Balaban J connectivity index is 1.96. The van der Waals surface area contributed by atoms with Crippen LogP contribution in [0, 0.1) is 10.1 Å². The number of aliphatic carboxylic acids is 1. The summed E-state index contributed by atoms with van der Waals surface area (Å²) in [6.45, 7) is 1.45. The first kappa shape index (κ1) is 15.0. The summed E-state index contributed by atoms with van der Waals surface area (Å²) in [4.78, 5) is 35.4. The zero-order chi connectivity index (χ0) is 16.7. The summed E-state index contributed by atoms with van der Waals surface area (Å²) in [6.07, 6.45) is 1.52. The van der Waals surface area contributed by atoms with Gasteiger partial charge in [0, 0.05) is 23.6 Å². The number of rotatable bonds is 5. The van der Waals surface area contributed by atoms with E-state index in [-0.39, 0.29) is 17.5 Å². The van der Waals surface area contributed by atoms with E-state index >= 15 is 0 Å². The summed E-state index contributed by atoms with van der Waals surface area (Å²) in [7, 11) is 0. The fourth-order valence-corrected chi connectivity index (χ4v) is 2.51. The number of furan rings is 1. The van der Waals surface area contributed by atoms with E-state index in [0.29, 0.717) is 11.0 Å². The second-order valence-corrected chi connectivity index (χ2v) is 5.55. The van der Waals surface area contributed by atoms with E-state index in [2.05, 4.69) is 0 Å². The van der Waals surface area contributed by atoms with Crippen molar-refractivity contribution in [3.63, 3.8) is 0 Å². The Morgan fingerprint density at radius 2 is 2.09 bits per heavy atom. The maximum Gasteiger partial charge on any atom is 0.326 e. The Morgan fingerprint density at radius 3 is 2.65 bits per heavy atom. The van der Waals surface area contributed by atoms with Gasteiger partial charge in [-0.2, -0.15) is 0 Å². The number of nitro benzene ring substituents is 1. The fourth-order valence-electron chi connectivity index (χ4n) is 2.51. The zero-order valence-electron chi connectivity index (χ0n) is 12.3. The van der Waals surface area contributed by atoms with Gasteiger partial charge in [0.1, 0.15) is 11.6 Å². The Bertz CT molecular complexity index is 807.